The summed E-state index contributed by atoms with van der Waals surface area (Å²) >= 11 is 1.25. The maximum absolute atomic E-state index is 12.8. The highest BCUT2D eigenvalue weighted by atomic mass is 32.1. The van der Waals surface area contributed by atoms with Gasteiger partial charge in [-0.25, -0.2) is 9.78 Å². The molecule has 3 rings (SSSR count). The molecule has 1 fully saturated rings. The van der Waals surface area contributed by atoms with Crippen LogP contribution in [-0.4, -0.2) is 52.2 Å². The van der Waals surface area contributed by atoms with Crippen LogP contribution in [0.1, 0.15) is 28.0 Å². The number of carboxylic acids is 1. The highest BCUT2D eigenvalue weighted by molar-refractivity contribution is 7.17. The zero-order valence-electron chi connectivity index (χ0n) is 13.6. The lowest BCUT2D eigenvalue weighted by Crippen LogP contribution is -2.51. The molecule has 8 heteroatoms. The number of thiazole rings is 1. The van der Waals surface area contributed by atoms with Gasteiger partial charge in [0.25, 0.3) is 5.91 Å². The lowest BCUT2D eigenvalue weighted by atomic mass is 10.2. The summed E-state index contributed by atoms with van der Waals surface area (Å²) in [4.78, 5) is 30.4. The molecule has 1 saturated heterocycles. The third-order valence-corrected chi connectivity index (χ3v) is 4.92. The van der Waals surface area contributed by atoms with Gasteiger partial charge in [-0.15, -0.1) is 11.3 Å². The number of ether oxygens (including phenoxy) is 1. The van der Waals surface area contributed by atoms with Gasteiger partial charge in [-0.2, -0.15) is 0 Å². The molecule has 2 atom stereocenters. The molecule has 0 radical (unpaired) electrons. The van der Waals surface area contributed by atoms with E-state index in [-0.39, 0.29) is 18.6 Å². The number of aryl methyl sites for hydroxylation is 2. The zero-order valence-corrected chi connectivity index (χ0v) is 14.4. The molecule has 1 amide bonds. The van der Waals surface area contributed by atoms with E-state index < -0.39 is 12.1 Å². The molecule has 0 aliphatic carbocycles. The molecule has 0 saturated carbocycles. The fraction of sp³-hybridized carbons (Fsp3) is 0.438. The van der Waals surface area contributed by atoms with Crippen molar-refractivity contribution in [1.82, 2.24) is 9.88 Å². The molecule has 0 bridgehead atoms. The molecule has 1 unspecified atom stereocenters. The summed E-state index contributed by atoms with van der Waals surface area (Å²) in [5.74, 6) is 0.114. The Morgan fingerprint density at radius 1 is 1.33 bits per heavy atom. The average molecular weight is 350 g/mol. The Kier molecular flexibility index (Phi) is 4.42. The molecule has 1 N–H and O–H groups in total. The number of aromatic nitrogens is 1. The summed E-state index contributed by atoms with van der Waals surface area (Å²) in [6.07, 6.45) is -1.33. The van der Waals surface area contributed by atoms with Crippen LogP contribution in [0.4, 0.5) is 0 Å². The maximum atomic E-state index is 12.8. The molecule has 1 aliphatic heterocycles. The summed E-state index contributed by atoms with van der Waals surface area (Å²) < 4.78 is 10.9. The number of nitrogens with zero attached hydrogens (tertiary/aromatic N) is 2. The van der Waals surface area contributed by atoms with Crippen molar-refractivity contribution in [2.45, 2.75) is 33.0 Å². The summed E-state index contributed by atoms with van der Waals surface area (Å²) in [6.45, 7) is 5.75. The van der Waals surface area contributed by atoms with Crippen molar-refractivity contribution < 1.29 is 23.8 Å². The molecule has 128 valence electrons. The van der Waals surface area contributed by atoms with Crippen molar-refractivity contribution in [3.63, 3.8) is 0 Å². The average Bonchev–Trinajstić information content (AvgIpc) is 3.11. The van der Waals surface area contributed by atoms with Gasteiger partial charge in [-0.3, -0.25) is 4.79 Å². The van der Waals surface area contributed by atoms with Crippen LogP contribution in [0.5, 0.6) is 0 Å². The topological polar surface area (TPSA) is 92.9 Å². The maximum Gasteiger partial charge on any atom is 0.334 e. The summed E-state index contributed by atoms with van der Waals surface area (Å²) in [5, 5.41) is 9.79. The molecule has 2 aromatic rings. The van der Waals surface area contributed by atoms with Crippen molar-refractivity contribution in [1.29, 1.82) is 0 Å². The normalized spacial score (nSPS) is 21.0. The molecule has 7 nitrogen and oxygen atoms in total. The van der Waals surface area contributed by atoms with E-state index in [2.05, 4.69) is 4.98 Å². The second-order valence-electron chi connectivity index (χ2n) is 5.83. The zero-order chi connectivity index (χ0) is 17.4. The molecule has 2 aromatic heterocycles. The number of rotatable bonds is 3. The minimum Gasteiger partial charge on any atom is -0.479 e. The van der Waals surface area contributed by atoms with Gasteiger partial charge in [0.2, 0.25) is 0 Å². The molecular formula is C16H18N2O5S. The number of hydrogen-bond acceptors (Lipinski definition) is 6. The van der Waals surface area contributed by atoms with Crippen LogP contribution in [0.3, 0.4) is 0 Å². The minimum absolute atomic E-state index is 0.0328. The van der Waals surface area contributed by atoms with E-state index in [0.29, 0.717) is 27.9 Å². The number of hydrogen-bond donors (Lipinski definition) is 1. The fourth-order valence-corrected chi connectivity index (χ4v) is 3.64. The van der Waals surface area contributed by atoms with Crippen LogP contribution >= 0.6 is 11.3 Å². The molecule has 24 heavy (non-hydrogen) atoms. The van der Waals surface area contributed by atoms with E-state index in [0.717, 1.165) is 5.76 Å². The third kappa shape index (κ3) is 3.20. The smallest absolute Gasteiger partial charge is 0.334 e. The first-order chi connectivity index (χ1) is 11.3. The van der Waals surface area contributed by atoms with E-state index in [1.54, 1.807) is 13.8 Å². The van der Waals surface area contributed by atoms with E-state index in [9.17, 15) is 9.59 Å². The molecule has 0 spiro atoms. The van der Waals surface area contributed by atoms with Gasteiger partial charge in [0, 0.05) is 6.54 Å². The van der Waals surface area contributed by atoms with Gasteiger partial charge in [0.1, 0.15) is 10.6 Å². The number of carbonyl (C=O) groups is 2. The van der Waals surface area contributed by atoms with Crippen LogP contribution < -0.4 is 0 Å². The highest BCUT2D eigenvalue weighted by Crippen LogP contribution is 2.30. The third-order valence-electron chi connectivity index (χ3n) is 3.76. The van der Waals surface area contributed by atoms with Crippen LogP contribution in [0.2, 0.25) is 0 Å². The van der Waals surface area contributed by atoms with E-state index in [1.807, 2.05) is 19.1 Å². The summed E-state index contributed by atoms with van der Waals surface area (Å²) in [6, 6.07) is 3.66. The number of aliphatic carboxylic acids is 1. The highest BCUT2D eigenvalue weighted by Gasteiger charge is 2.34. The van der Waals surface area contributed by atoms with Crippen molar-refractivity contribution in [2.24, 2.45) is 0 Å². The van der Waals surface area contributed by atoms with Gasteiger partial charge in [0.15, 0.2) is 16.9 Å². The summed E-state index contributed by atoms with van der Waals surface area (Å²) in [5.41, 5.74) is 0.611. The Morgan fingerprint density at radius 3 is 2.71 bits per heavy atom. The Hall–Kier alpha value is -2.19. The first kappa shape index (κ1) is 16.7. The summed E-state index contributed by atoms with van der Waals surface area (Å²) in [7, 11) is 0. The molecule has 0 aromatic carbocycles. The first-order valence-corrected chi connectivity index (χ1v) is 8.38. The molecule has 3 heterocycles. The van der Waals surface area contributed by atoms with Gasteiger partial charge < -0.3 is 19.2 Å². The predicted octanol–water partition coefficient (Wildman–Crippen LogP) is 2.33. The van der Waals surface area contributed by atoms with Crippen molar-refractivity contribution in [2.75, 3.05) is 13.1 Å². The number of furan rings is 1. The quantitative estimate of drug-likeness (QED) is 0.913. The standard InChI is InChI=1S/C16H18N2O5S/c1-8-4-5-11(22-8)14-17-10(3)13(24-14)15(19)18-6-9(2)23-12(7-18)16(20)21/h4-5,9,12H,6-7H2,1-3H3,(H,20,21)/t9-,12?/m1/s1. The van der Waals surface area contributed by atoms with Crippen LogP contribution in [0.15, 0.2) is 16.5 Å². The van der Waals surface area contributed by atoms with Crippen molar-refractivity contribution in [3.05, 3.63) is 28.5 Å². The fourth-order valence-electron chi connectivity index (χ4n) is 2.65. The number of carbonyl (C=O) groups excluding carboxylic acids is 1. The van der Waals surface area contributed by atoms with Gasteiger partial charge >= 0.3 is 5.97 Å². The van der Waals surface area contributed by atoms with Gasteiger partial charge in [0.05, 0.1) is 18.3 Å². The molecular weight excluding hydrogens is 332 g/mol. The monoisotopic (exact) mass is 350 g/mol. The Balaban J connectivity index is 1.84. The minimum atomic E-state index is -1.06. The van der Waals surface area contributed by atoms with Crippen LogP contribution in [-0.2, 0) is 9.53 Å². The van der Waals surface area contributed by atoms with Crippen LogP contribution in [0.25, 0.3) is 10.8 Å². The van der Waals surface area contributed by atoms with Gasteiger partial charge in [-0.1, -0.05) is 0 Å². The lowest BCUT2D eigenvalue weighted by Gasteiger charge is -2.34. The number of morpholine rings is 1. The van der Waals surface area contributed by atoms with Crippen molar-refractivity contribution >= 4 is 23.2 Å². The van der Waals surface area contributed by atoms with E-state index in [1.165, 1.54) is 16.2 Å². The number of carboxylic acid groups (broad SMARTS) is 1. The first-order valence-electron chi connectivity index (χ1n) is 7.57. The number of amides is 1. The Morgan fingerprint density at radius 2 is 2.08 bits per heavy atom. The Labute approximate surface area is 142 Å². The SMILES string of the molecule is Cc1ccc(-c2nc(C)c(C(=O)N3CC(C(=O)O)O[C@H](C)C3)s2)o1. The van der Waals surface area contributed by atoms with E-state index in [4.69, 9.17) is 14.3 Å². The molecule has 1 aliphatic rings. The van der Waals surface area contributed by atoms with E-state index >= 15 is 0 Å². The lowest BCUT2D eigenvalue weighted by molar-refractivity contribution is -0.160. The van der Waals surface area contributed by atoms with Crippen molar-refractivity contribution in [3.8, 4) is 10.8 Å². The van der Waals surface area contributed by atoms with Gasteiger partial charge in [-0.05, 0) is 32.9 Å². The second kappa shape index (κ2) is 6.37. The largest absolute Gasteiger partial charge is 0.479 e. The second-order valence-corrected chi connectivity index (χ2v) is 6.83. The Bertz CT molecular complexity index is 781. The predicted molar refractivity (Wildman–Crippen MR) is 87.2 cm³/mol. The van der Waals surface area contributed by atoms with Crippen LogP contribution in [0, 0.1) is 13.8 Å².